The highest BCUT2D eigenvalue weighted by molar-refractivity contribution is 9.10. The average Bonchev–Trinajstić information content (AvgIpc) is 2.47. The maximum atomic E-state index is 9.11. The molecular formula is C16H16BrN3. The molecule has 0 radical (unpaired) electrons. The molecule has 1 aromatic heterocycles. The van der Waals surface area contributed by atoms with Gasteiger partial charge < -0.3 is 5.32 Å². The monoisotopic (exact) mass is 329 g/mol. The molecule has 0 atom stereocenters. The molecule has 1 N–H and O–H groups in total. The van der Waals surface area contributed by atoms with E-state index in [1.165, 1.54) is 0 Å². The van der Waals surface area contributed by atoms with Gasteiger partial charge >= 0.3 is 0 Å². The van der Waals surface area contributed by atoms with Gasteiger partial charge in [0.1, 0.15) is 0 Å². The number of nitriles is 1. The minimum Gasteiger partial charge on any atom is -0.379 e. The Bertz CT molecular complexity index is 610. The fourth-order valence-electron chi connectivity index (χ4n) is 1.77. The van der Waals surface area contributed by atoms with Crippen molar-refractivity contribution in [1.29, 1.82) is 5.26 Å². The Balaban J connectivity index is 2.01. The first kappa shape index (κ1) is 14.5. The molecule has 1 aromatic carbocycles. The fraction of sp³-hybridized carbons (Fsp3) is 0.250. The lowest BCUT2D eigenvalue weighted by Gasteiger charge is -2.16. The highest BCUT2D eigenvalue weighted by Gasteiger charge is 2.18. The number of aromatic nitrogens is 1. The molecule has 0 fully saturated rings. The highest BCUT2D eigenvalue weighted by Crippen LogP contribution is 2.23. The normalized spacial score (nSPS) is 10.9. The summed E-state index contributed by atoms with van der Waals surface area (Å²) in [6.07, 6.45) is 1.79. The number of benzene rings is 1. The van der Waals surface area contributed by atoms with E-state index in [0.717, 1.165) is 21.4 Å². The van der Waals surface area contributed by atoms with Gasteiger partial charge in [-0.2, -0.15) is 5.26 Å². The Labute approximate surface area is 127 Å². The van der Waals surface area contributed by atoms with Crippen LogP contribution in [0.3, 0.4) is 0 Å². The van der Waals surface area contributed by atoms with Gasteiger partial charge in [-0.25, -0.2) is 0 Å². The largest absolute Gasteiger partial charge is 0.379 e. The van der Waals surface area contributed by atoms with Crippen molar-refractivity contribution in [2.45, 2.75) is 25.8 Å². The molecule has 2 aromatic rings. The Morgan fingerprint density at radius 1 is 1.20 bits per heavy atom. The third kappa shape index (κ3) is 3.58. The van der Waals surface area contributed by atoms with Gasteiger partial charge in [-0.3, -0.25) is 4.98 Å². The van der Waals surface area contributed by atoms with Gasteiger partial charge in [-0.1, -0.05) is 12.1 Å². The number of hydrogen-bond acceptors (Lipinski definition) is 3. The molecule has 102 valence electrons. The van der Waals surface area contributed by atoms with E-state index >= 15 is 0 Å². The molecular weight excluding hydrogens is 314 g/mol. The molecule has 0 spiro atoms. The third-order valence-electron chi connectivity index (χ3n) is 3.15. The lowest BCUT2D eigenvalue weighted by molar-refractivity contribution is 0.687. The van der Waals surface area contributed by atoms with Crippen molar-refractivity contribution in [3.8, 4) is 6.07 Å². The number of anilines is 1. The first-order chi connectivity index (χ1) is 9.51. The van der Waals surface area contributed by atoms with E-state index in [1.54, 1.807) is 6.20 Å². The molecule has 0 saturated carbocycles. The van der Waals surface area contributed by atoms with Crippen LogP contribution in [0.15, 0.2) is 47.1 Å². The van der Waals surface area contributed by atoms with Crippen molar-refractivity contribution in [3.63, 3.8) is 0 Å². The van der Waals surface area contributed by atoms with Crippen LogP contribution in [0, 0.1) is 11.3 Å². The summed E-state index contributed by atoms with van der Waals surface area (Å²) >= 11 is 3.37. The van der Waals surface area contributed by atoms with Crippen LogP contribution in [-0.2, 0) is 12.0 Å². The summed E-state index contributed by atoms with van der Waals surface area (Å²) in [5.41, 5.74) is 2.57. The zero-order valence-electron chi connectivity index (χ0n) is 11.5. The van der Waals surface area contributed by atoms with Gasteiger partial charge in [0.25, 0.3) is 0 Å². The smallest absolute Gasteiger partial charge is 0.0766 e. The van der Waals surface area contributed by atoms with E-state index in [9.17, 15) is 0 Å². The van der Waals surface area contributed by atoms with Gasteiger partial charge in [-0.15, -0.1) is 0 Å². The van der Waals surface area contributed by atoms with E-state index in [2.05, 4.69) is 32.3 Å². The quantitative estimate of drug-likeness (QED) is 0.911. The zero-order valence-corrected chi connectivity index (χ0v) is 13.1. The third-order valence-corrected chi connectivity index (χ3v) is 3.62. The molecule has 4 heteroatoms. The number of nitrogens with zero attached hydrogens (tertiary/aromatic N) is 2. The summed E-state index contributed by atoms with van der Waals surface area (Å²) in [4.78, 5) is 4.31. The molecule has 0 bridgehead atoms. The van der Waals surface area contributed by atoms with Crippen LogP contribution in [0.5, 0.6) is 0 Å². The first-order valence-electron chi connectivity index (χ1n) is 6.37. The predicted octanol–water partition coefficient (Wildman–Crippen LogP) is 4.26. The van der Waals surface area contributed by atoms with E-state index < -0.39 is 5.41 Å². The molecule has 0 aliphatic carbocycles. The van der Waals surface area contributed by atoms with Gasteiger partial charge in [0.05, 0.1) is 23.7 Å². The lowest BCUT2D eigenvalue weighted by Crippen LogP contribution is -2.13. The van der Waals surface area contributed by atoms with Crippen molar-refractivity contribution in [1.82, 2.24) is 4.98 Å². The molecule has 1 heterocycles. The van der Waals surface area contributed by atoms with Crippen LogP contribution in [0.25, 0.3) is 0 Å². The van der Waals surface area contributed by atoms with Gasteiger partial charge in [0, 0.05) is 16.4 Å². The number of rotatable bonds is 4. The van der Waals surface area contributed by atoms with E-state index in [4.69, 9.17) is 5.26 Å². The minimum atomic E-state index is -0.453. The SMILES string of the molecule is CC(C)(C#N)c1ccc(NCc2ccc(Br)cn2)cc1. The van der Waals surface area contributed by atoms with Crippen molar-refractivity contribution in [2.75, 3.05) is 5.32 Å². The molecule has 2 rings (SSSR count). The zero-order chi connectivity index (χ0) is 14.6. The maximum Gasteiger partial charge on any atom is 0.0766 e. The summed E-state index contributed by atoms with van der Waals surface area (Å²) in [6, 6.07) is 14.2. The standard InChI is InChI=1S/C16H16BrN3/c1-16(2,11-18)12-3-6-14(7-4-12)20-10-15-8-5-13(17)9-19-15/h3-9,20H,10H2,1-2H3. The van der Waals surface area contributed by atoms with Crippen LogP contribution in [-0.4, -0.2) is 4.98 Å². The summed E-state index contributed by atoms with van der Waals surface area (Å²) in [6.45, 7) is 4.51. The fourth-order valence-corrected chi connectivity index (χ4v) is 2.01. The minimum absolute atomic E-state index is 0.453. The van der Waals surface area contributed by atoms with Crippen LogP contribution in [0.1, 0.15) is 25.1 Å². The highest BCUT2D eigenvalue weighted by atomic mass is 79.9. The van der Waals surface area contributed by atoms with Crippen molar-refractivity contribution in [2.24, 2.45) is 0 Å². The van der Waals surface area contributed by atoms with Crippen LogP contribution >= 0.6 is 15.9 Å². The second kappa shape index (κ2) is 6.06. The number of nitrogens with one attached hydrogen (secondary N) is 1. The Morgan fingerprint density at radius 2 is 1.90 bits per heavy atom. The van der Waals surface area contributed by atoms with E-state index in [0.29, 0.717) is 6.54 Å². The molecule has 20 heavy (non-hydrogen) atoms. The second-order valence-electron chi connectivity index (χ2n) is 5.14. The maximum absolute atomic E-state index is 9.11. The van der Waals surface area contributed by atoms with Gasteiger partial charge in [0.2, 0.25) is 0 Å². The van der Waals surface area contributed by atoms with Crippen LogP contribution in [0.4, 0.5) is 5.69 Å². The second-order valence-corrected chi connectivity index (χ2v) is 6.05. The van der Waals surface area contributed by atoms with Crippen molar-refractivity contribution in [3.05, 3.63) is 58.3 Å². The topological polar surface area (TPSA) is 48.7 Å². The molecule has 0 aliphatic heterocycles. The van der Waals surface area contributed by atoms with Gasteiger partial charge in [-0.05, 0) is 59.6 Å². The molecule has 0 unspecified atom stereocenters. The lowest BCUT2D eigenvalue weighted by atomic mass is 9.86. The molecule has 0 saturated heterocycles. The average molecular weight is 330 g/mol. The molecule has 0 aliphatic rings. The van der Waals surface area contributed by atoms with Crippen molar-refractivity contribution >= 4 is 21.6 Å². The van der Waals surface area contributed by atoms with Crippen LogP contribution < -0.4 is 5.32 Å². The van der Waals surface area contributed by atoms with E-state index in [1.807, 2.05) is 50.2 Å². The van der Waals surface area contributed by atoms with E-state index in [-0.39, 0.29) is 0 Å². The predicted molar refractivity (Wildman–Crippen MR) is 84.3 cm³/mol. The summed E-state index contributed by atoms with van der Waals surface area (Å²) in [7, 11) is 0. The van der Waals surface area contributed by atoms with Crippen LogP contribution in [0.2, 0.25) is 0 Å². The number of pyridine rings is 1. The Kier molecular flexibility index (Phi) is 4.41. The Hall–Kier alpha value is -1.86. The summed E-state index contributed by atoms with van der Waals surface area (Å²) in [5.74, 6) is 0. The summed E-state index contributed by atoms with van der Waals surface area (Å²) < 4.78 is 0.976. The molecule has 0 amide bonds. The van der Waals surface area contributed by atoms with Gasteiger partial charge in [0.15, 0.2) is 0 Å². The summed E-state index contributed by atoms with van der Waals surface area (Å²) in [5, 5.41) is 12.4. The van der Waals surface area contributed by atoms with Crippen molar-refractivity contribution < 1.29 is 0 Å². The number of halogens is 1. The Morgan fingerprint density at radius 3 is 2.45 bits per heavy atom. The molecule has 3 nitrogen and oxygen atoms in total. The number of hydrogen-bond donors (Lipinski definition) is 1. The first-order valence-corrected chi connectivity index (χ1v) is 7.17.